The molecule has 1 saturated heterocycles. The first kappa shape index (κ1) is 22.6. The van der Waals surface area contributed by atoms with E-state index in [1.165, 1.54) is 36.5 Å². The molecule has 168 valence electrons. The van der Waals surface area contributed by atoms with Gasteiger partial charge in [0.15, 0.2) is 0 Å². The molecule has 0 atom stereocenters. The quantitative estimate of drug-likeness (QED) is 0.489. The molecule has 0 unspecified atom stereocenters. The van der Waals surface area contributed by atoms with E-state index in [0.29, 0.717) is 48.3 Å². The molecule has 1 fully saturated rings. The summed E-state index contributed by atoms with van der Waals surface area (Å²) in [5.41, 5.74) is 0.729. The lowest BCUT2D eigenvalue weighted by Crippen LogP contribution is -2.48. The number of carbonyl (C=O) groups is 1. The van der Waals surface area contributed by atoms with Crippen molar-refractivity contribution in [1.82, 2.24) is 9.88 Å². The number of hydrogen-bond acceptors (Lipinski definition) is 4. The number of carbonyl (C=O) groups excluding carboxylic acids is 1. The number of alkyl halides is 3. The van der Waals surface area contributed by atoms with Crippen LogP contribution in [0.25, 0.3) is 22.0 Å². The zero-order valence-electron chi connectivity index (χ0n) is 17.4. The van der Waals surface area contributed by atoms with Gasteiger partial charge >= 0.3 is 6.18 Å². The Morgan fingerprint density at radius 1 is 1.15 bits per heavy atom. The van der Waals surface area contributed by atoms with Crippen molar-refractivity contribution < 1.29 is 18.0 Å². The van der Waals surface area contributed by atoms with Gasteiger partial charge in [0.25, 0.3) is 0 Å². The number of halogens is 4. The van der Waals surface area contributed by atoms with Crippen molar-refractivity contribution in [2.45, 2.75) is 6.18 Å². The highest BCUT2D eigenvalue weighted by Crippen LogP contribution is 2.42. The highest BCUT2D eigenvalue weighted by Gasteiger charge is 2.34. The maximum absolute atomic E-state index is 13.6. The van der Waals surface area contributed by atoms with Crippen molar-refractivity contribution in [3.05, 3.63) is 71.4 Å². The summed E-state index contributed by atoms with van der Waals surface area (Å²) in [6.45, 7) is 5.35. The van der Waals surface area contributed by atoms with E-state index in [1.54, 1.807) is 11.0 Å². The number of nitriles is 1. The Hall–Kier alpha value is -3.57. The molecule has 0 saturated carbocycles. The molecule has 2 aromatic carbocycles. The Morgan fingerprint density at radius 3 is 2.48 bits per heavy atom. The van der Waals surface area contributed by atoms with Gasteiger partial charge in [0.05, 0.1) is 22.3 Å². The van der Waals surface area contributed by atoms with Crippen molar-refractivity contribution in [1.29, 1.82) is 5.26 Å². The lowest BCUT2D eigenvalue weighted by molar-refractivity contribution is -0.137. The van der Waals surface area contributed by atoms with Crippen LogP contribution in [0.5, 0.6) is 0 Å². The second-order valence-electron chi connectivity index (χ2n) is 7.54. The highest BCUT2D eigenvalue weighted by atomic mass is 35.5. The first-order valence-electron chi connectivity index (χ1n) is 10.1. The van der Waals surface area contributed by atoms with Crippen LogP contribution in [-0.4, -0.2) is 42.0 Å². The van der Waals surface area contributed by atoms with Gasteiger partial charge < -0.3 is 9.80 Å². The van der Waals surface area contributed by atoms with Gasteiger partial charge in [-0.2, -0.15) is 18.4 Å². The van der Waals surface area contributed by atoms with Crippen molar-refractivity contribution in [2.24, 2.45) is 0 Å². The van der Waals surface area contributed by atoms with Crippen LogP contribution in [0.3, 0.4) is 0 Å². The molecule has 0 N–H and O–H groups in total. The average molecular weight is 471 g/mol. The van der Waals surface area contributed by atoms with E-state index in [-0.39, 0.29) is 22.1 Å². The normalized spacial score (nSPS) is 14.3. The van der Waals surface area contributed by atoms with Crippen LogP contribution in [0.2, 0.25) is 5.02 Å². The first-order valence-corrected chi connectivity index (χ1v) is 10.5. The number of anilines is 1. The van der Waals surface area contributed by atoms with Gasteiger partial charge in [-0.1, -0.05) is 36.4 Å². The molecule has 2 heterocycles. The van der Waals surface area contributed by atoms with Gasteiger partial charge in [-0.3, -0.25) is 9.78 Å². The SMILES string of the molecule is C=CC(=O)N1CCN(c2c(C#N)cnc3cc(-c4ccccc4C(F)(F)F)c(Cl)cc23)CC1. The Balaban J connectivity index is 1.82. The molecule has 4 rings (SSSR count). The number of hydrogen-bond donors (Lipinski definition) is 0. The number of benzene rings is 2. The van der Waals surface area contributed by atoms with Crippen LogP contribution in [0.1, 0.15) is 11.1 Å². The summed E-state index contributed by atoms with van der Waals surface area (Å²) in [5, 5.41) is 10.4. The van der Waals surface area contributed by atoms with Crippen molar-refractivity contribution in [3.8, 4) is 17.2 Å². The van der Waals surface area contributed by atoms with Crippen LogP contribution in [0, 0.1) is 11.3 Å². The average Bonchev–Trinajstić information content (AvgIpc) is 2.82. The molecule has 33 heavy (non-hydrogen) atoms. The molecule has 9 heteroatoms. The maximum atomic E-state index is 13.6. The molecule has 5 nitrogen and oxygen atoms in total. The fourth-order valence-corrected chi connectivity index (χ4v) is 4.34. The summed E-state index contributed by atoms with van der Waals surface area (Å²) in [5.74, 6) is -0.161. The molecule has 0 aliphatic carbocycles. The monoisotopic (exact) mass is 470 g/mol. The fraction of sp³-hybridized carbons (Fsp3) is 0.208. The summed E-state index contributed by atoms with van der Waals surface area (Å²) in [6.07, 6.45) is -1.87. The molecule has 1 aliphatic heterocycles. The molecule has 3 aromatic rings. The Bertz CT molecular complexity index is 1290. The fourth-order valence-electron chi connectivity index (χ4n) is 4.07. The van der Waals surface area contributed by atoms with Gasteiger partial charge in [0, 0.05) is 48.3 Å². The van der Waals surface area contributed by atoms with E-state index >= 15 is 0 Å². The molecule has 0 radical (unpaired) electrons. The summed E-state index contributed by atoms with van der Waals surface area (Å²) in [4.78, 5) is 19.8. The molecule has 0 bridgehead atoms. The largest absolute Gasteiger partial charge is 0.417 e. The number of piperazine rings is 1. The molecule has 0 spiro atoms. The minimum Gasteiger partial charge on any atom is -0.366 e. The number of amides is 1. The number of nitrogens with zero attached hydrogens (tertiary/aromatic N) is 4. The zero-order chi connectivity index (χ0) is 23.8. The van der Waals surface area contributed by atoms with Crippen LogP contribution in [0.15, 0.2) is 55.3 Å². The predicted molar refractivity (Wildman–Crippen MR) is 121 cm³/mol. The molecular formula is C24H18ClF3N4O. The zero-order valence-corrected chi connectivity index (χ0v) is 18.1. The first-order chi connectivity index (χ1) is 15.7. The van der Waals surface area contributed by atoms with Crippen molar-refractivity contribution in [3.63, 3.8) is 0 Å². The number of aromatic nitrogens is 1. The Kier molecular flexibility index (Phi) is 6.00. The van der Waals surface area contributed by atoms with Gasteiger partial charge in [0.1, 0.15) is 6.07 Å². The smallest absolute Gasteiger partial charge is 0.366 e. The van der Waals surface area contributed by atoms with Gasteiger partial charge in [0.2, 0.25) is 5.91 Å². The minimum absolute atomic E-state index is 0.0406. The Labute approximate surface area is 193 Å². The van der Waals surface area contributed by atoms with E-state index < -0.39 is 11.7 Å². The Morgan fingerprint density at radius 2 is 1.85 bits per heavy atom. The van der Waals surface area contributed by atoms with Crippen LogP contribution >= 0.6 is 11.6 Å². The van der Waals surface area contributed by atoms with E-state index in [9.17, 15) is 23.2 Å². The minimum atomic E-state index is -4.54. The molecule has 1 aliphatic rings. The van der Waals surface area contributed by atoms with Gasteiger partial charge in [-0.25, -0.2) is 0 Å². The topological polar surface area (TPSA) is 60.2 Å². The highest BCUT2D eigenvalue weighted by molar-refractivity contribution is 6.34. The van der Waals surface area contributed by atoms with Crippen LogP contribution in [0.4, 0.5) is 18.9 Å². The third-order valence-electron chi connectivity index (χ3n) is 5.65. The lowest BCUT2D eigenvalue weighted by Gasteiger charge is -2.36. The van der Waals surface area contributed by atoms with Gasteiger partial charge in [-0.15, -0.1) is 0 Å². The third-order valence-corrected chi connectivity index (χ3v) is 5.97. The van der Waals surface area contributed by atoms with E-state index in [0.717, 1.165) is 6.07 Å². The van der Waals surface area contributed by atoms with Crippen molar-refractivity contribution in [2.75, 3.05) is 31.1 Å². The number of fused-ring (bicyclic) bond motifs is 1. The summed E-state index contributed by atoms with van der Waals surface area (Å²) in [7, 11) is 0. The predicted octanol–water partition coefficient (Wildman–Crippen LogP) is 5.28. The molecular weight excluding hydrogens is 453 g/mol. The lowest BCUT2D eigenvalue weighted by atomic mass is 9.97. The summed E-state index contributed by atoms with van der Waals surface area (Å²) < 4.78 is 40.7. The van der Waals surface area contributed by atoms with Crippen molar-refractivity contribution >= 4 is 34.1 Å². The number of rotatable bonds is 3. The van der Waals surface area contributed by atoms with E-state index in [4.69, 9.17) is 11.6 Å². The van der Waals surface area contributed by atoms with Crippen LogP contribution < -0.4 is 4.90 Å². The maximum Gasteiger partial charge on any atom is 0.417 e. The second-order valence-corrected chi connectivity index (χ2v) is 7.95. The van der Waals surface area contributed by atoms with Crippen LogP contribution in [-0.2, 0) is 11.0 Å². The second kappa shape index (κ2) is 8.75. The van der Waals surface area contributed by atoms with Gasteiger partial charge in [-0.05, 0) is 29.8 Å². The summed E-state index contributed by atoms with van der Waals surface area (Å²) >= 11 is 6.49. The van der Waals surface area contributed by atoms with E-state index in [1.807, 2.05) is 4.90 Å². The molecule has 1 aromatic heterocycles. The number of pyridine rings is 1. The molecule has 1 amide bonds. The standard InChI is InChI=1S/C24H18ClF3N4O/c1-2-22(33)31-7-9-32(10-8-31)23-15(13-29)14-30-21-12-17(20(25)11-18(21)23)16-5-3-4-6-19(16)24(26,27)28/h2-6,11-12,14H,1,7-10H2. The third kappa shape index (κ3) is 4.24. The van der Waals surface area contributed by atoms with E-state index in [2.05, 4.69) is 17.6 Å². The summed E-state index contributed by atoms with van der Waals surface area (Å²) in [6, 6.07) is 10.4.